The summed E-state index contributed by atoms with van der Waals surface area (Å²) in [5.74, 6) is 0.652. The zero-order valence-electron chi connectivity index (χ0n) is 11.3. The van der Waals surface area contributed by atoms with Gasteiger partial charge >= 0.3 is 0 Å². The first-order chi connectivity index (χ1) is 9.02. The molecule has 0 spiro atoms. The molecule has 4 heteroatoms. The lowest BCUT2D eigenvalue weighted by Gasteiger charge is -2.07. The Balaban J connectivity index is 2.38. The molecule has 19 heavy (non-hydrogen) atoms. The van der Waals surface area contributed by atoms with Crippen LogP contribution in [0.2, 0.25) is 0 Å². The van der Waals surface area contributed by atoms with Crippen molar-refractivity contribution in [2.24, 2.45) is 13.0 Å². The van der Waals surface area contributed by atoms with E-state index < -0.39 is 0 Å². The van der Waals surface area contributed by atoms with Crippen molar-refractivity contribution in [1.29, 1.82) is 5.26 Å². The topological polar surface area (TPSA) is 41.6 Å². The summed E-state index contributed by atoms with van der Waals surface area (Å²) in [6.07, 6.45) is 1.08. The predicted octanol–water partition coefficient (Wildman–Crippen LogP) is 3.92. The van der Waals surface area contributed by atoms with Crippen LogP contribution in [0, 0.1) is 17.2 Å². The molecule has 0 saturated carbocycles. The van der Waals surface area contributed by atoms with Gasteiger partial charge in [-0.2, -0.15) is 10.4 Å². The van der Waals surface area contributed by atoms with Crippen LogP contribution in [0.5, 0.6) is 0 Å². The minimum atomic E-state index is 0.420. The molecule has 0 saturated heterocycles. The molecule has 0 radical (unpaired) electrons. The van der Waals surface area contributed by atoms with Gasteiger partial charge in [0, 0.05) is 12.6 Å². The summed E-state index contributed by atoms with van der Waals surface area (Å²) < 4.78 is 2.49. The molecule has 0 bridgehead atoms. The molecule has 0 N–H and O–H groups in total. The van der Waals surface area contributed by atoms with Crippen molar-refractivity contribution in [3.8, 4) is 17.3 Å². The van der Waals surface area contributed by atoms with E-state index in [1.807, 2.05) is 7.05 Å². The van der Waals surface area contributed by atoms with Gasteiger partial charge in [-0.25, -0.2) is 0 Å². The highest BCUT2D eigenvalue weighted by Gasteiger charge is 2.15. The first-order valence-corrected chi connectivity index (χ1v) is 7.04. The van der Waals surface area contributed by atoms with Gasteiger partial charge in [0.25, 0.3) is 0 Å². The summed E-state index contributed by atoms with van der Waals surface area (Å²) in [7, 11) is 1.85. The fourth-order valence-electron chi connectivity index (χ4n) is 2.15. The molecular weight excluding hydrogens is 302 g/mol. The highest BCUT2D eigenvalue weighted by Crippen LogP contribution is 2.30. The van der Waals surface area contributed by atoms with Crippen LogP contribution in [0.3, 0.4) is 0 Å². The Morgan fingerprint density at radius 3 is 2.42 bits per heavy atom. The van der Waals surface area contributed by atoms with E-state index >= 15 is 0 Å². The van der Waals surface area contributed by atoms with Crippen molar-refractivity contribution in [3.63, 3.8) is 0 Å². The molecule has 3 nitrogen and oxygen atoms in total. The van der Waals surface area contributed by atoms with Crippen LogP contribution in [0.1, 0.15) is 25.1 Å². The fourth-order valence-corrected chi connectivity index (χ4v) is 2.81. The molecule has 0 aliphatic carbocycles. The quantitative estimate of drug-likeness (QED) is 0.861. The summed E-state index contributed by atoms with van der Waals surface area (Å²) in [5, 5.41) is 13.2. The van der Waals surface area contributed by atoms with Gasteiger partial charge < -0.3 is 0 Å². The fraction of sp³-hybridized carbons (Fsp3) is 0.333. The minimum absolute atomic E-state index is 0.420. The minimum Gasteiger partial charge on any atom is -0.265 e. The number of benzene rings is 1. The zero-order valence-corrected chi connectivity index (χ0v) is 12.9. The Kier molecular flexibility index (Phi) is 4.06. The van der Waals surface area contributed by atoms with Crippen molar-refractivity contribution < 1.29 is 0 Å². The zero-order chi connectivity index (χ0) is 14.0. The van der Waals surface area contributed by atoms with Crippen LogP contribution in [-0.4, -0.2) is 9.78 Å². The third-order valence-electron chi connectivity index (χ3n) is 2.97. The van der Waals surface area contributed by atoms with Crippen molar-refractivity contribution >= 4 is 15.9 Å². The van der Waals surface area contributed by atoms with E-state index in [0.29, 0.717) is 11.6 Å². The summed E-state index contributed by atoms with van der Waals surface area (Å²) in [4.78, 5) is 0. The van der Waals surface area contributed by atoms with E-state index in [9.17, 15) is 0 Å². The lowest BCUT2D eigenvalue weighted by molar-refractivity contribution is 0.647. The van der Waals surface area contributed by atoms with Crippen LogP contribution in [0.15, 0.2) is 28.7 Å². The maximum atomic E-state index is 8.99. The Labute approximate surface area is 122 Å². The Hall–Kier alpha value is -1.60. The van der Waals surface area contributed by atoms with E-state index in [0.717, 1.165) is 22.2 Å². The third kappa shape index (κ3) is 2.87. The summed E-state index contributed by atoms with van der Waals surface area (Å²) in [6, 6.07) is 10.5. The van der Waals surface area contributed by atoms with Crippen molar-refractivity contribution in [2.45, 2.75) is 20.3 Å². The number of hydrogen-bond donors (Lipinski definition) is 0. The first kappa shape index (κ1) is 13.8. The smallest absolute Gasteiger partial charge is 0.177 e. The van der Waals surface area contributed by atoms with Crippen LogP contribution in [0.25, 0.3) is 11.3 Å². The number of aromatic nitrogens is 2. The molecule has 0 aliphatic rings. The van der Waals surface area contributed by atoms with E-state index in [4.69, 9.17) is 5.26 Å². The van der Waals surface area contributed by atoms with Crippen LogP contribution in [-0.2, 0) is 13.5 Å². The van der Waals surface area contributed by atoms with Gasteiger partial charge in [-0.1, -0.05) is 38.1 Å². The van der Waals surface area contributed by atoms with Gasteiger partial charge in [0.15, 0.2) is 5.69 Å². The largest absolute Gasteiger partial charge is 0.265 e. The van der Waals surface area contributed by atoms with Gasteiger partial charge in [0.05, 0.1) is 10.2 Å². The van der Waals surface area contributed by atoms with Crippen molar-refractivity contribution in [2.75, 3.05) is 0 Å². The van der Waals surface area contributed by atoms with Crippen LogP contribution in [0.4, 0.5) is 0 Å². The molecule has 0 unspecified atom stereocenters. The van der Waals surface area contributed by atoms with Crippen molar-refractivity contribution in [3.05, 3.63) is 40.0 Å². The second-order valence-corrected chi connectivity index (χ2v) is 5.83. The monoisotopic (exact) mass is 317 g/mol. The molecule has 0 amide bonds. The molecule has 2 aromatic rings. The molecule has 1 heterocycles. The Morgan fingerprint density at radius 2 is 1.95 bits per heavy atom. The normalized spacial score (nSPS) is 10.7. The number of rotatable bonds is 3. The lowest BCUT2D eigenvalue weighted by atomic mass is 10.0. The number of aryl methyl sites for hydroxylation is 1. The number of nitriles is 1. The predicted molar refractivity (Wildman–Crippen MR) is 79.6 cm³/mol. The number of nitrogens with zero attached hydrogens (tertiary/aromatic N) is 3. The summed E-state index contributed by atoms with van der Waals surface area (Å²) in [6.45, 7) is 4.43. The Morgan fingerprint density at radius 1 is 1.32 bits per heavy atom. The van der Waals surface area contributed by atoms with Crippen LogP contribution >= 0.6 is 15.9 Å². The second-order valence-electron chi connectivity index (χ2n) is 5.04. The average molecular weight is 318 g/mol. The van der Waals surface area contributed by atoms with E-state index in [1.165, 1.54) is 5.56 Å². The summed E-state index contributed by atoms with van der Waals surface area (Å²) in [5.41, 5.74) is 3.75. The molecular formula is C15H16BrN3. The molecule has 98 valence electrons. The first-order valence-electron chi connectivity index (χ1n) is 6.24. The van der Waals surface area contributed by atoms with Gasteiger partial charge in [-0.3, -0.25) is 4.68 Å². The molecule has 0 fully saturated rings. The number of halogens is 1. The van der Waals surface area contributed by atoms with Gasteiger partial charge in [-0.05, 0) is 33.8 Å². The van der Waals surface area contributed by atoms with Gasteiger partial charge in [0.1, 0.15) is 6.07 Å². The second kappa shape index (κ2) is 5.58. The average Bonchev–Trinajstić information content (AvgIpc) is 2.65. The maximum Gasteiger partial charge on any atom is 0.177 e. The summed E-state index contributed by atoms with van der Waals surface area (Å²) >= 11 is 3.45. The van der Waals surface area contributed by atoms with Crippen LogP contribution < -0.4 is 0 Å². The SMILES string of the molecule is CC(C)Cc1ccc(-c2c(Br)c(C#N)nn2C)cc1. The molecule has 0 atom stereocenters. The highest BCUT2D eigenvalue weighted by molar-refractivity contribution is 9.10. The van der Waals surface area contributed by atoms with E-state index in [2.05, 4.69) is 65.2 Å². The van der Waals surface area contributed by atoms with Gasteiger partial charge in [-0.15, -0.1) is 0 Å². The molecule has 0 aliphatic heterocycles. The Bertz CT molecular complexity index is 618. The molecule has 2 rings (SSSR count). The van der Waals surface area contributed by atoms with Gasteiger partial charge in [0.2, 0.25) is 0 Å². The third-order valence-corrected chi connectivity index (χ3v) is 3.72. The number of hydrogen-bond acceptors (Lipinski definition) is 2. The standard InChI is InChI=1S/C15H16BrN3/c1-10(2)8-11-4-6-12(7-5-11)15-14(16)13(9-17)18-19(15)3/h4-7,10H,8H2,1-3H3. The van der Waals surface area contributed by atoms with Crippen molar-refractivity contribution in [1.82, 2.24) is 9.78 Å². The van der Waals surface area contributed by atoms with E-state index in [1.54, 1.807) is 4.68 Å². The van der Waals surface area contributed by atoms with E-state index in [-0.39, 0.29) is 0 Å². The maximum absolute atomic E-state index is 8.99. The highest BCUT2D eigenvalue weighted by atomic mass is 79.9. The lowest BCUT2D eigenvalue weighted by Crippen LogP contribution is -1.96. The molecule has 1 aromatic carbocycles. The molecule has 1 aromatic heterocycles.